The van der Waals surface area contributed by atoms with E-state index < -0.39 is 22.4 Å². The minimum absolute atomic E-state index is 0.0899. The van der Waals surface area contributed by atoms with E-state index in [2.05, 4.69) is 11.8 Å². The number of rotatable bonds is 4. The van der Waals surface area contributed by atoms with Crippen LogP contribution in [-0.4, -0.2) is 41.0 Å². The molecule has 0 spiro atoms. The predicted octanol–water partition coefficient (Wildman–Crippen LogP) is 5.11. The number of anilines is 1. The summed E-state index contributed by atoms with van der Waals surface area (Å²) in [5.74, 6) is 0. The topological polar surface area (TPSA) is 62.5 Å². The van der Waals surface area contributed by atoms with Gasteiger partial charge in [-0.15, -0.1) is 11.3 Å². The maximum atomic E-state index is 12.9. The van der Waals surface area contributed by atoms with Gasteiger partial charge in [0.2, 0.25) is 0 Å². The first-order valence-electron chi connectivity index (χ1n) is 9.44. The Balaban J connectivity index is 1.49. The van der Waals surface area contributed by atoms with Crippen LogP contribution in [0.25, 0.3) is 10.2 Å². The maximum absolute atomic E-state index is 12.9. The molecule has 1 fully saturated rings. The monoisotopic (exact) mass is 436 g/mol. The standard InChI is InChI=1S/C20H19F3N4O2S/c1-13(19-24-15-4-2-3-5-18(15)30-19)25-8-10-26(11-9-25)16-7-6-14(20(21,22)23)12-17(16)27(28)29/h2-7,12-13H,8-11H2,1H3/t13-/m1/s1. The molecule has 0 radical (unpaired) electrons. The summed E-state index contributed by atoms with van der Waals surface area (Å²) in [6.45, 7) is 4.32. The lowest BCUT2D eigenvalue weighted by molar-refractivity contribution is -0.384. The molecule has 1 aromatic heterocycles. The first-order chi connectivity index (χ1) is 14.2. The predicted molar refractivity (Wildman–Crippen MR) is 110 cm³/mol. The van der Waals surface area contributed by atoms with Gasteiger partial charge in [0.1, 0.15) is 10.7 Å². The number of benzene rings is 2. The molecule has 2 aromatic carbocycles. The van der Waals surface area contributed by atoms with E-state index in [0.717, 1.165) is 21.3 Å². The Morgan fingerprint density at radius 2 is 1.83 bits per heavy atom. The highest BCUT2D eigenvalue weighted by Crippen LogP contribution is 2.37. The quantitative estimate of drug-likeness (QED) is 0.420. The summed E-state index contributed by atoms with van der Waals surface area (Å²) in [6, 6.07) is 10.7. The van der Waals surface area contributed by atoms with Crippen molar-refractivity contribution in [2.75, 3.05) is 31.1 Å². The van der Waals surface area contributed by atoms with Gasteiger partial charge < -0.3 is 4.90 Å². The van der Waals surface area contributed by atoms with Crippen LogP contribution in [-0.2, 0) is 6.18 Å². The number of aromatic nitrogens is 1. The van der Waals surface area contributed by atoms with Crippen molar-refractivity contribution in [1.82, 2.24) is 9.88 Å². The van der Waals surface area contributed by atoms with E-state index in [4.69, 9.17) is 4.98 Å². The molecule has 30 heavy (non-hydrogen) atoms. The van der Waals surface area contributed by atoms with Crippen LogP contribution in [0, 0.1) is 10.1 Å². The number of nitrogens with zero attached hydrogens (tertiary/aromatic N) is 4. The summed E-state index contributed by atoms with van der Waals surface area (Å²) in [5, 5.41) is 12.4. The van der Waals surface area contributed by atoms with Gasteiger partial charge in [0.25, 0.3) is 5.69 Å². The van der Waals surface area contributed by atoms with Crippen LogP contribution >= 0.6 is 11.3 Å². The number of nitro groups is 1. The fraction of sp³-hybridized carbons (Fsp3) is 0.350. The van der Waals surface area contributed by atoms with E-state index in [1.165, 1.54) is 6.07 Å². The summed E-state index contributed by atoms with van der Waals surface area (Å²) >= 11 is 1.64. The zero-order valence-corrected chi connectivity index (χ0v) is 16.9. The molecule has 0 amide bonds. The fourth-order valence-corrected chi connectivity index (χ4v) is 4.74. The van der Waals surface area contributed by atoms with Crippen LogP contribution in [0.4, 0.5) is 24.5 Å². The molecule has 1 atom stereocenters. The van der Waals surface area contributed by atoms with Crippen molar-refractivity contribution in [2.24, 2.45) is 0 Å². The Kier molecular flexibility index (Phi) is 5.37. The molecule has 0 unspecified atom stereocenters. The number of hydrogen-bond acceptors (Lipinski definition) is 6. The number of hydrogen-bond donors (Lipinski definition) is 0. The largest absolute Gasteiger partial charge is 0.416 e. The van der Waals surface area contributed by atoms with Crippen LogP contribution < -0.4 is 4.90 Å². The molecule has 0 saturated carbocycles. The minimum atomic E-state index is -4.62. The van der Waals surface area contributed by atoms with Gasteiger partial charge in [-0.05, 0) is 31.2 Å². The number of thiazole rings is 1. The van der Waals surface area contributed by atoms with Crippen LogP contribution in [0.3, 0.4) is 0 Å². The van der Waals surface area contributed by atoms with Crippen LogP contribution in [0.2, 0.25) is 0 Å². The van der Waals surface area contributed by atoms with Gasteiger partial charge in [-0.2, -0.15) is 13.2 Å². The second-order valence-electron chi connectivity index (χ2n) is 7.18. The number of halogens is 3. The smallest absolute Gasteiger partial charge is 0.363 e. The Morgan fingerprint density at radius 3 is 2.47 bits per heavy atom. The van der Waals surface area contributed by atoms with Gasteiger partial charge in [0.05, 0.1) is 26.7 Å². The number of fused-ring (bicyclic) bond motifs is 1. The van der Waals surface area contributed by atoms with Crippen LogP contribution in [0.1, 0.15) is 23.5 Å². The van der Waals surface area contributed by atoms with E-state index in [1.807, 2.05) is 24.3 Å². The average Bonchev–Trinajstić information content (AvgIpc) is 3.16. The van der Waals surface area contributed by atoms with Gasteiger partial charge in [0.15, 0.2) is 0 Å². The molecule has 0 aliphatic carbocycles. The summed E-state index contributed by atoms with van der Waals surface area (Å²) in [7, 11) is 0. The molecular weight excluding hydrogens is 417 g/mol. The third kappa shape index (κ3) is 3.97. The van der Waals surface area contributed by atoms with Crippen molar-refractivity contribution in [1.29, 1.82) is 0 Å². The van der Waals surface area contributed by atoms with Gasteiger partial charge in [-0.1, -0.05) is 12.1 Å². The van der Waals surface area contributed by atoms with Crippen molar-refractivity contribution >= 4 is 32.9 Å². The van der Waals surface area contributed by atoms with Crippen molar-refractivity contribution < 1.29 is 18.1 Å². The Bertz CT molecular complexity index is 1040. The molecule has 1 saturated heterocycles. The van der Waals surface area contributed by atoms with Crippen molar-refractivity contribution in [3.05, 3.63) is 63.1 Å². The molecule has 158 valence electrons. The zero-order chi connectivity index (χ0) is 21.5. The molecule has 0 bridgehead atoms. The Labute approximate surface area is 174 Å². The highest BCUT2D eigenvalue weighted by Gasteiger charge is 2.34. The molecule has 0 N–H and O–H groups in total. The first-order valence-corrected chi connectivity index (χ1v) is 10.3. The van der Waals surface area contributed by atoms with E-state index >= 15 is 0 Å². The van der Waals surface area contributed by atoms with E-state index in [-0.39, 0.29) is 11.7 Å². The molecule has 10 heteroatoms. The van der Waals surface area contributed by atoms with Gasteiger partial charge in [-0.25, -0.2) is 4.98 Å². The van der Waals surface area contributed by atoms with Crippen LogP contribution in [0.15, 0.2) is 42.5 Å². The first kappa shape index (κ1) is 20.5. The van der Waals surface area contributed by atoms with E-state index in [0.29, 0.717) is 32.2 Å². The summed E-state index contributed by atoms with van der Waals surface area (Å²) < 4.78 is 39.9. The molecule has 2 heterocycles. The van der Waals surface area contributed by atoms with Gasteiger partial charge >= 0.3 is 6.18 Å². The normalized spacial score (nSPS) is 16.7. The minimum Gasteiger partial charge on any atom is -0.363 e. The highest BCUT2D eigenvalue weighted by molar-refractivity contribution is 7.18. The molecule has 3 aromatic rings. The highest BCUT2D eigenvalue weighted by atomic mass is 32.1. The lowest BCUT2D eigenvalue weighted by atomic mass is 10.1. The lowest BCUT2D eigenvalue weighted by Crippen LogP contribution is -2.47. The van der Waals surface area contributed by atoms with Crippen molar-refractivity contribution in [3.63, 3.8) is 0 Å². The number of para-hydroxylation sites is 1. The molecule has 1 aliphatic rings. The van der Waals surface area contributed by atoms with E-state index in [1.54, 1.807) is 16.2 Å². The number of piperazine rings is 1. The Morgan fingerprint density at radius 1 is 1.13 bits per heavy atom. The van der Waals surface area contributed by atoms with Crippen LogP contribution in [0.5, 0.6) is 0 Å². The fourth-order valence-electron chi connectivity index (χ4n) is 3.69. The summed E-state index contributed by atoms with van der Waals surface area (Å²) in [4.78, 5) is 19.4. The van der Waals surface area contributed by atoms with E-state index in [9.17, 15) is 23.3 Å². The third-order valence-corrected chi connectivity index (χ3v) is 6.58. The summed E-state index contributed by atoms with van der Waals surface area (Å²) in [5.41, 5.74) is -0.345. The number of nitro benzene ring substituents is 1. The SMILES string of the molecule is C[C@H](c1nc2ccccc2s1)N1CCN(c2ccc(C(F)(F)F)cc2[N+](=O)[O-])CC1. The second-order valence-corrected chi connectivity index (χ2v) is 8.24. The molecule has 1 aliphatic heterocycles. The molecular formula is C20H19F3N4O2S. The maximum Gasteiger partial charge on any atom is 0.416 e. The van der Waals surface area contributed by atoms with Crippen molar-refractivity contribution in [2.45, 2.75) is 19.1 Å². The Hall–Kier alpha value is -2.72. The zero-order valence-electron chi connectivity index (χ0n) is 16.1. The molecule has 4 rings (SSSR count). The van der Waals surface area contributed by atoms with Crippen molar-refractivity contribution in [3.8, 4) is 0 Å². The summed E-state index contributed by atoms with van der Waals surface area (Å²) in [6.07, 6.45) is -4.62. The third-order valence-electron chi connectivity index (χ3n) is 5.37. The van der Waals surface area contributed by atoms with Gasteiger partial charge in [0, 0.05) is 32.2 Å². The lowest BCUT2D eigenvalue weighted by Gasteiger charge is -2.38. The number of alkyl halides is 3. The van der Waals surface area contributed by atoms with Gasteiger partial charge in [-0.3, -0.25) is 15.0 Å². The molecule has 6 nitrogen and oxygen atoms in total. The average molecular weight is 436 g/mol. The second kappa shape index (κ2) is 7.84.